The average molecular weight is 239 g/mol. The van der Waals surface area contributed by atoms with Crippen LogP contribution in [0, 0.1) is 13.8 Å². The molecule has 0 atom stereocenters. The zero-order valence-corrected chi connectivity index (χ0v) is 11.3. The Kier molecular flexibility index (Phi) is 4.96. The van der Waals surface area contributed by atoms with Crippen molar-refractivity contribution in [1.29, 1.82) is 0 Å². The van der Waals surface area contributed by atoms with Crippen molar-refractivity contribution in [1.82, 2.24) is 15.0 Å². The first-order valence-electron chi connectivity index (χ1n) is 6.05. The minimum atomic E-state index is -0.845. The van der Waals surface area contributed by atoms with Crippen molar-refractivity contribution in [2.45, 2.75) is 46.8 Å². The summed E-state index contributed by atoms with van der Waals surface area (Å²) in [4.78, 5) is 12.9. The van der Waals surface area contributed by atoms with E-state index in [0.29, 0.717) is 37.1 Å². The highest BCUT2D eigenvalue weighted by Crippen LogP contribution is 2.28. The minimum Gasteiger partial charge on any atom is -0.344 e. The van der Waals surface area contributed by atoms with Crippen LogP contribution in [0.25, 0.3) is 0 Å². The van der Waals surface area contributed by atoms with E-state index in [1.807, 2.05) is 34.6 Å². The maximum Gasteiger partial charge on any atom is 0.230 e. The van der Waals surface area contributed by atoms with Gasteiger partial charge < -0.3 is 9.47 Å². The standard InChI is InChI=1S/C12H21N3O2/c1-6-12(16-7-2,17-8-3)11-14-9(4)13-10(5)15-11/h6-8H2,1-5H3. The van der Waals surface area contributed by atoms with Gasteiger partial charge in [-0.1, -0.05) is 6.92 Å². The molecule has 0 saturated carbocycles. The van der Waals surface area contributed by atoms with Crippen LogP contribution in [0.2, 0.25) is 0 Å². The van der Waals surface area contributed by atoms with Gasteiger partial charge in [0, 0.05) is 19.6 Å². The lowest BCUT2D eigenvalue weighted by Gasteiger charge is -2.30. The molecule has 5 heteroatoms. The zero-order valence-electron chi connectivity index (χ0n) is 11.3. The number of rotatable bonds is 6. The molecule has 1 aromatic rings. The Morgan fingerprint density at radius 1 is 0.882 bits per heavy atom. The Labute approximate surface area is 103 Å². The lowest BCUT2D eigenvalue weighted by atomic mass is 10.2. The molecular weight excluding hydrogens is 218 g/mol. The van der Waals surface area contributed by atoms with Gasteiger partial charge in [-0.25, -0.2) is 15.0 Å². The van der Waals surface area contributed by atoms with Gasteiger partial charge in [-0.05, 0) is 27.7 Å². The third-order valence-corrected chi connectivity index (χ3v) is 2.42. The highest BCUT2D eigenvalue weighted by Gasteiger charge is 2.35. The second-order valence-electron chi connectivity index (χ2n) is 3.73. The van der Waals surface area contributed by atoms with E-state index in [4.69, 9.17) is 9.47 Å². The molecule has 0 aliphatic carbocycles. The van der Waals surface area contributed by atoms with Gasteiger partial charge in [-0.15, -0.1) is 0 Å². The lowest BCUT2D eigenvalue weighted by Crippen LogP contribution is -2.35. The van der Waals surface area contributed by atoms with E-state index in [9.17, 15) is 0 Å². The van der Waals surface area contributed by atoms with Gasteiger partial charge in [-0.3, -0.25) is 0 Å². The molecule has 0 radical (unpaired) electrons. The Morgan fingerprint density at radius 3 is 1.71 bits per heavy atom. The van der Waals surface area contributed by atoms with E-state index in [1.54, 1.807) is 0 Å². The molecule has 17 heavy (non-hydrogen) atoms. The summed E-state index contributed by atoms with van der Waals surface area (Å²) in [5.74, 6) is 1.09. The van der Waals surface area contributed by atoms with Gasteiger partial charge in [0.05, 0.1) is 0 Å². The molecule has 1 rings (SSSR count). The number of hydrogen-bond acceptors (Lipinski definition) is 5. The van der Waals surface area contributed by atoms with Gasteiger partial charge >= 0.3 is 0 Å². The first-order chi connectivity index (χ1) is 8.07. The Balaban J connectivity index is 3.18. The predicted octanol–water partition coefficient (Wildman–Crippen LogP) is 2.12. The highest BCUT2D eigenvalue weighted by molar-refractivity contribution is 5.01. The monoisotopic (exact) mass is 239 g/mol. The number of ether oxygens (including phenoxy) is 2. The second-order valence-corrected chi connectivity index (χ2v) is 3.73. The number of nitrogens with zero attached hydrogens (tertiary/aromatic N) is 3. The molecule has 0 amide bonds. The fourth-order valence-electron chi connectivity index (χ4n) is 1.79. The smallest absolute Gasteiger partial charge is 0.230 e. The van der Waals surface area contributed by atoms with E-state index < -0.39 is 5.79 Å². The molecule has 0 aliphatic rings. The Bertz CT molecular complexity index is 343. The topological polar surface area (TPSA) is 57.1 Å². The van der Waals surface area contributed by atoms with Crippen molar-refractivity contribution in [3.63, 3.8) is 0 Å². The zero-order chi connectivity index (χ0) is 12.9. The summed E-state index contributed by atoms with van der Waals surface area (Å²) in [6, 6.07) is 0. The van der Waals surface area contributed by atoms with E-state index in [-0.39, 0.29) is 0 Å². The van der Waals surface area contributed by atoms with Crippen LogP contribution in [-0.2, 0) is 15.3 Å². The van der Waals surface area contributed by atoms with E-state index in [2.05, 4.69) is 15.0 Å². The lowest BCUT2D eigenvalue weighted by molar-refractivity contribution is -0.249. The van der Waals surface area contributed by atoms with Gasteiger partial charge in [0.15, 0.2) is 5.82 Å². The summed E-state index contributed by atoms with van der Waals surface area (Å²) in [7, 11) is 0. The minimum absolute atomic E-state index is 0.553. The summed E-state index contributed by atoms with van der Waals surface area (Å²) >= 11 is 0. The first kappa shape index (κ1) is 14.0. The molecule has 0 fully saturated rings. The highest BCUT2D eigenvalue weighted by atomic mass is 16.7. The average Bonchev–Trinajstić information content (AvgIpc) is 2.27. The van der Waals surface area contributed by atoms with Crippen molar-refractivity contribution in [2.24, 2.45) is 0 Å². The van der Waals surface area contributed by atoms with E-state index in [1.165, 1.54) is 0 Å². The fraction of sp³-hybridized carbons (Fsp3) is 0.750. The van der Waals surface area contributed by atoms with Gasteiger partial charge in [0.25, 0.3) is 0 Å². The van der Waals surface area contributed by atoms with Gasteiger partial charge in [0.1, 0.15) is 11.6 Å². The Morgan fingerprint density at radius 2 is 1.35 bits per heavy atom. The molecule has 0 N–H and O–H groups in total. The van der Waals surface area contributed by atoms with Crippen molar-refractivity contribution < 1.29 is 9.47 Å². The molecule has 0 bridgehead atoms. The number of aryl methyl sites for hydroxylation is 2. The maximum absolute atomic E-state index is 5.74. The fourth-order valence-corrected chi connectivity index (χ4v) is 1.79. The molecule has 0 aromatic carbocycles. The molecule has 0 spiro atoms. The molecule has 1 heterocycles. The normalized spacial score (nSPS) is 11.8. The summed E-state index contributed by atoms with van der Waals surface area (Å²) in [5, 5.41) is 0. The second kappa shape index (κ2) is 6.02. The number of aromatic nitrogens is 3. The van der Waals surface area contributed by atoms with E-state index >= 15 is 0 Å². The van der Waals surface area contributed by atoms with Crippen LogP contribution in [0.5, 0.6) is 0 Å². The Hall–Kier alpha value is -1.07. The van der Waals surface area contributed by atoms with Crippen LogP contribution in [0.1, 0.15) is 44.7 Å². The molecule has 1 aromatic heterocycles. The molecule has 96 valence electrons. The SMILES string of the molecule is CCOC(CC)(OCC)c1nc(C)nc(C)n1. The third-order valence-electron chi connectivity index (χ3n) is 2.42. The first-order valence-corrected chi connectivity index (χ1v) is 6.05. The molecular formula is C12H21N3O2. The van der Waals surface area contributed by atoms with Crippen LogP contribution < -0.4 is 0 Å². The van der Waals surface area contributed by atoms with Crippen LogP contribution in [-0.4, -0.2) is 28.2 Å². The van der Waals surface area contributed by atoms with Crippen molar-refractivity contribution in [3.8, 4) is 0 Å². The van der Waals surface area contributed by atoms with Crippen molar-refractivity contribution >= 4 is 0 Å². The maximum atomic E-state index is 5.74. The van der Waals surface area contributed by atoms with Gasteiger partial charge in [0.2, 0.25) is 5.79 Å². The number of hydrogen-bond donors (Lipinski definition) is 0. The van der Waals surface area contributed by atoms with Crippen LogP contribution in [0.15, 0.2) is 0 Å². The molecule has 0 unspecified atom stereocenters. The van der Waals surface area contributed by atoms with Crippen LogP contribution in [0.3, 0.4) is 0 Å². The summed E-state index contributed by atoms with van der Waals surface area (Å²) in [6.07, 6.45) is 0.664. The third kappa shape index (κ3) is 3.20. The summed E-state index contributed by atoms with van der Waals surface area (Å²) in [5.41, 5.74) is 0. The van der Waals surface area contributed by atoms with E-state index in [0.717, 1.165) is 0 Å². The molecule has 5 nitrogen and oxygen atoms in total. The van der Waals surface area contributed by atoms with Gasteiger partial charge in [-0.2, -0.15) is 0 Å². The largest absolute Gasteiger partial charge is 0.344 e. The van der Waals surface area contributed by atoms with Crippen LogP contribution in [0.4, 0.5) is 0 Å². The van der Waals surface area contributed by atoms with Crippen molar-refractivity contribution in [3.05, 3.63) is 17.5 Å². The quantitative estimate of drug-likeness (QED) is 0.712. The molecule has 0 aliphatic heterocycles. The van der Waals surface area contributed by atoms with Crippen molar-refractivity contribution in [2.75, 3.05) is 13.2 Å². The predicted molar refractivity (Wildman–Crippen MR) is 64.5 cm³/mol. The summed E-state index contributed by atoms with van der Waals surface area (Å²) < 4.78 is 11.5. The molecule has 0 saturated heterocycles. The van der Waals surface area contributed by atoms with Crippen LogP contribution >= 0.6 is 0 Å². The summed E-state index contributed by atoms with van der Waals surface area (Å²) in [6.45, 7) is 10.7.